The fraction of sp³-hybridized carbons (Fsp3) is 0.400. The molecule has 1 aromatic carbocycles. The fourth-order valence-corrected chi connectivity index (χ4v) is 1.72. The van der Waals surface area contributed by atoms with Crippen LogP contribution in [0.15, 0.2) is 29.2 Å². The van der Waals surface area contributed by atoms with Gasteiger partial charge in [0.2, 0.25) is 0 Å². The van der Waals surface area contributed by atoms with Crippen LogP contribution in [0, 0.1) is 6.92 Å². The summed E-state index contributed by atoms with van der Waals surface area (Å²) in [6, 6.07) is 8.36. The zero-order valence-electron chi connectivity index (χ0n) is 7.45. The Hall–Kier alpha value is -0.470. The van der Waals surface area contributed by atoms with Gasteiger partial charge in [0.15, 0.2) is 0 Å². The molecule has 0 saturated carbocycles. The summed E-state index contributed by atoms with van der Waals surface area (Å²) < 4.78 is 0. The minimum atomic E-state index is 0.235. The molecule has 1 atom stereocenters. The Morgan fingerprint density at radius 3 is 2.42 bits per heavy atom. The van der Waals surface area contributed by atoms with Crippen LogP contribution in [0.1, 0.15) is 12.5 Å². The van der Waals surface area contributed by atoms with Crippen LogP contribution in [-0.2, 0) is 0 Å². The third-order valence-corrected chi connectivity index (χ3v) is 2.71. The third kappa shape index (κ3) is 2.88. The smallest absolute Gasteiger partial charge is 0.0550 e. The van der Waals surface area contributed by atoms with Crippen molar-refractivity contribution in [2.75, 3.05) is 6.61 Å². The van der Waals surface area contributed by atoms with Gasteiger partial charge in [0.25, 0.3) is 0 Å². The van der Waals surface area contributed by atoms with Crippen molar-refractivity contribution < 1.29 is 5.11 Å². The van der Waals surface area contributed by atoms with E-state index in [-0.39, 0.29) is 11.9 Å². The number of aryl methyl sites for hydroxylation is 1. The molecule has 1 rings (SSSR count). The molecule has 2 heteroatoms. The van der Waals surface area contributed by atoms with Gasteiger partial charge in [-0.1, -0.05) is 24.6 Å². The molecule has 1 aromatic rings. The van der Waals surface area contributed by atoms with Crippen LogP contribution in [-0.4, -0.2) is 17.0 Å². The van der Waals surface area contributed by atoms with E-state index in [1.165, 1.54) is 10.5 Å². The van der Waals surface area contributed by atoms with Gasteiger partial charge in [-0.3, -0.25) is 0 Å². The summed E-state index contributed by atoms with van der Waals surface area (Å²) in [6.07, 6.45) is 0. The lowest BCUT2D eigenvalue weighted by molar-refractivity contribution is 0.300. The summed E-state index contributed by atoms with van der Waals surface area (Å²) in [4.78, 5) is 1.22. The molecule has 0 radical (unpaired) electrons. The first kappa shape index (κ1) is 9.62. The van der Waals surface area contributed by atoms with Crippen molar-refractivity contribution in [2.24, 2.45) is 0 Å². The van der Waals surface area contributed by atoms with Crippen molar-refractivity contribution in [3.63, 3.8) is 0 Å². The quantitative estimate of drug-likeness (QED) is 0.725. The van der Waals surface area contributed by atoms with Crippen molar-refractivity contribution in [3.05, 3.63) is 29.8 Å². The monoisotopic (exact) mass is 182 g/mol. The molecular formula is C10H14OS. The normalized spacial score (nSPS) is 12.9. The number of rotatable bonds is 3. The summed E-state index contributed by atoms with van der Waals surface area (Å²) in [5, 5.41) is 9.11. The summed E-state index contributed by atoms with van der Waals surface area (Å²) in [7, 11) is 0. The molecule has 1 N–H and O–H groups in total. The van der Waals surface area contributed by atoms with Gasteiger partial charge in [-0.15, -0.1) is 11.8 Å². The second-order valence-electron chi connectivity index (χ2n) is 2.92. The fourth-order valence-electron chi connectivity index (χ4n) is 0.886. The molecular weight excluding hydrogens is 168 g/mol. The maximum Gasteiger partial charge on any atom is 0.0550 e. The topological polar surface area (TPSA) is 20.2 Å². The lowest BCUT2D eigenvalue weighted by Crippen LogP contribution is -2.00. The van der Waals surface area contributed by atoms with E-state index in [2.05, 4.69) is 31.2 Å². The Bertz CT molecular complexity index is 230. The molecule has 0 spiro atoms. The van der Waals surface area contributed by atoms with Gasteiger partial charge in [-0.2, -0.15) is 0 Å². The first-order valence-corrected chi connectivity index (χ1v) is 4.94. The Balaban J connectivity index is 2.58. The average molecular weight is 182 g/mol. The molecule has 66 valence electrons. The number of thioether (sulfide) groups is 1. The molecule has 0 fully saturated rings. The Kier molecular flexibility index (Phi) is 3.63. The lowest BCUT2D eigenvalue weighted by Gasteiger charge is -2.06. The van der Waals surface area contributed by atoms with Crippen molar-refractivity contribution in [2.45, 2.75) is 24.0 Å². The zero-order valence-corrected chi connectivity index (χ0v) is 8.27. The summed E-state index contributed by atoms with van der Waals surface area (Å²) in [6.45, 7) is 4.33. The van der Waals surface area contributed by atoms with E-state index in [0.29, 0.717) is 0 Å². The van der Waals surface area contributed by atoms with Gasteiger partial charge >= 0.3 is 0 Å². The predicted molar refractivity (Wildman–Crippen MR) is 53.6 cm³/mol. The highest BCUT2D eigenvalue weighted by atomic mass is 32.2. The second kappa shape index (κ2) is 4.53. The number of hydrogen-bond acceptors (Lipinski definition) is 2. The SMILES string of the molecule is Cc1ccc(SC(C)CO)cc1. The molecule has 12 heavy (non-hydrogen) atoms. The van der Waals surface area contributed by atoms with Gasteiger partial charge in [-0.05, 0) is 19.1 Å². The molecule has 0 heterocycles. The largest absolute Gasteiger partial charge is 0.395 e. The van der Waals surface area contributed by atoms with E-state index in [0.717, 1.165) is 0 Å². The van der Waals surface area contributed by atoms with Gasteiger partial charge in [0.1, 0.15) is 0 Å². The number of aliphatic hydroxyl groups is 1. The van der Waals surface area contributed by atoms with Gasteiger partial charge in [0, 0.05) is 10.1 Å². The van der Waals surface area contributed by atoms with Crippen LogP contribution in [0.3, 0.4) is 0 Å². The maximum atomic E-state index is 8.83. The highest BCUT2D eigenvalue weighted by Gasteiger charge is 2.01. The van der Waals surface area contributed by atoms with E-state index in [9.17, 15) is 0 Å². The number of benzene rings is 1. The highest BCUT2D eigenvalue weighted by molar-refractivity contribution is 8.00. The zero-order chi connectivity index (χ0) is 8.97. The molecule has 1 nitrogen and oxygen atoms in total. The van der Waals surface area contributed by atoms with Gasteiger partial charge in [-0.25, -0.2) is 0 Å². The minimum Gasteiger partial charge on any atom is -0.395 e. The third-order valence-electron chi connectivity index (χ3n) is 1.62. The van der Waals surface area contributed by atoms with Crippen LogP contribution in [0.25, 0.3) is 0 Å². The molecule has 0 aliphatic carbocycles. The second-order valence-corrected chi connectivity index (χ2v) is 4.44. The number of aliphatic hydroxyl groups excluding tert-OH is 1. The molecule has 0 saturated heterocycles. The Labute approximate surface area is 77.8 Å². The maximum absolute atomic E-state index is 8.83. The predicted octanol–water partition coefficient (Wildman–Crippen LogP) is 2.47. The van der Waals surface area contributed by atoms with Crippen LogP contribution >= 0.6 is 11.8 Å². The lowest BCUT2D eigenvalue weighted by atomic mass is 10.2. The highest BCUT2D eigenvalue weighted by Crippen LogP contribution is 2.22. The van der Waals surface area contributed by atoms with Crippen molar-refractivity contribution in [1.29, 1.82) is 0 Å². The first-order valence-electron chi connectivity index (χ1n) is 4.06. The van der Waals surface area contributed by atoms with E-state index < -0.39 is 0 Å². The first-order chi connectivity index (χ1) is 5.72. The van der Waals surface area contributed by atoms with Crippen LogP contribution in [0.4, 0.5) is 0 Å². The minimum absolute atomic E-state index is 0.235. The van der Waals surface area contributed by atoms with Crippen LogP contribution in [0.5, 0.6) is 0 Å². The summed E-state index contributed by atoms with van der Waals surface area (Å²) in [5.74, 6) is 0. The summed E-state index contributed by atoms with van der Waals surface area (Å²) in [5.41, 5.74) is 1.27. The number of hydrogen-bond donors (Lipinski definition) is 1. The van der Waals surface area contributed by atoms with Crippen LogP contribution < -0.4 is 0 Å². The molecule has 0 aromatic heterocycles. The van der Waals surface area contributed by atoms with E-state index in [4.69, 9.17) is 5.11 Å². The molecule has 0 amide bonds. The summed E-state index contributed by atoms with van der Waals surface area (Å²) >= 11 is 1.70. The average Bonchev–Trinajstić information content (AvgIpc) is 2.09. The van der Waals surface area contributed by atoms with E-state index in [1.807, 2.05) is 6.92 Å². The van der Waals surface area contributed by atoms with Crippen molar-refractivity contribution in [3.8, 4) is 0 Å². The van der Waals surface area contributed by atoms with Crippen molar-refractivity contribution in [1.82, 2.24) is 0 Å². The molecule has 0 aliphatic heterocycles. The van der Waals surface area contributed by atoms with Gasteiger partial charge in [0.05, 0.1) is 6.61 Å². The van der Waals surface area contributed by atoms with E-state index >= 15 is 0 Å². The molecule has 1 unspecified atom stereocenters. The van der Waals surface area contributed by atoms with Crippen molar-refractivity contribution >= 4 is 11.8 Å². The van der Waals surface area contributed by atoms with Gasteiger partial charge < -0.3 is 5.11 Å². The van der Waals surface area contributed by atoms with E-state index in [1.54, 1.807) is 11.8 Å². The van der Waals surface area contributed by atoms with Crippen LogP contribution in [0.2, 0.25) is 0 Å². The Morgan fingerprint density at radius 1 is 1.33 bits per heavy atom. The molecule has 0 aliphatic rings. The standard InChI is InChI=1S/C10H14OS/c1-8-3-5-10(6-4-8)12-9(2)7-11/h3-6,9,11H,7H2,1-2H3. The Morgan fingerprint density at radius 2 is 1.92 bits per heavy atom. The molecule has 0 bridgehead atoms.